The summed E-state index contributed by atoms with van der Waals surface area (Å²) in [4.78, 5) is 12.4. The van der Waals surface area contributed by atoms with Gasteiger partial charge >= 0.3 is 0 Å². The minimum Gasteiger partial charge on any atom is -0.326 e. The van der Waals surface area contributed by atoms with Crippen molar-refractivity contribution in [2.45, 2.75) is 43.9 Å². The van der Waals surface area contributed by atoms with E-state index in [4.69, 9.17) is 11.6 Å². The monoisotopic (exact) mass is 406 g/mol. The number of fused-ring (bicyclic) bond motifs is 1. The first-order valence-electron chi connectivity index (χ1n) is 9.03. The number of benzene rings is 2. The van der Waals surface area contributed by atoms with E-state index in [2.05, 4.69) is 10.0 Å². The van der Waals surface area contributed by atoms with Gasteiger partial charge in [0.05, 0.1) is 4.90 Å². The highest BCUT2D eigenvalue weighted by atomic mass is 35.5. The van der Waals surface area contributed by atoms with Crippen molar-refractivity contribution in [3.63, 3.8) is 0 Å². The maximum absolute atomic E-state index is 12.5. The topological polar surface area (TPSA) is 75.3 Å². The fourth-order valence-corrected chi connectivity index (χ4v) is 4.47. The van der Waals surface area contributed by atoms with Gasteiger partial charge in [-0.15, -0.1) is 0 Å². The molecule has 2 aromatic carbocycles. The number of carbonyl (C=O) groups excluding carboxylic acids is 1. The molecule has 0 aliphatic heterocycles. The Morgan fingerprint density at radius 2 is 1.85 bits per heavy atom. The van der Waals surface area contributed by atoms with Crippen LogP contribution in [0.2, 0.25) is 5.02 Å². The SMILES string of the molecule is Cc1c(Cl)cccc1NC(=O)CCNS(=O)(=O)c1ccc2c(c1)CCCC2. The van der Waals surface area contributed by atoms with Crippen LogP contribution in [0.1, 0.15) is 36.0 Å². The fourth-order valence-electron chi connectivity index (χ4n) is 3.21. The van der Waals surface area contributed by atoms with Gasteiger partial charge in [0.25, 0.3) is 0 Å². The molecule has 0 unspecified atom stereocenters. The number of anilines is 1. The Morgan fingerprint density at radius 3 is 2.63 bits per heavy atom. The molecule has 2 N–H and O–H groups in total. The first-order chi connectivity index (χ1) is 12.9. The van der Waals surface area contributed by atoms with Crippen molar-refractivity contribution in [3.8, 4) is 0 Å². The zero-order valence-corrected chi connectivity index (χ0v) is 16.8. The lowest BCUT2D eigenvalue weighted by molar-refractivity contribution is -0.116. The number of amides is 1. The summed E-state index contributed by atoms with van der Waals surface area (Å²) < 4.78 is 27.5. The van der Waals surface area contributed by atoms with Crippen LogP contribution in [0.15, 0.2) is 41.3 Å². The molecule has 0 heterocycles. The summed E-state index contributed by atoms with van der Waals surface area (Å²) in [6, 6.07) is 10.6. The molecule has 3 rings (SSSR count). The van der Waals surface area contributed by atoms with Crippen molar-refractivity contribution in [2.75, 3.05) is 11.9 Å². The fraction of sp³-hybridized carbons (Fsp3) is 0.350. The van der Waals surface area contributed by atoms with Gasteiger partial charge < -0.3 is 5.32 Å². The number of halogens is 1. The summed E-state index contributed by atoms with van der Waals surface area (Å²) in [6.07, 6.45) is 4.20. The third-order valence-corrected chi connectivity index (χ3v) is 6.68. The molecule has 1 aliphatic carbocycles. The molecule has 0 saturated heterocycles. The zero-order chi connectivity index (χ0) is 19.4. The summed E-state index contributed by atoms with van der Waals surface area (Å²) in [5.41, 5.74) is 3.75. The lowest BCUT2D eigenvalue weighted by Crippen LogP contribution is -2.28. The van der Waals surface area contributed by atoms with Crippen molar-refractivity contribution in [1.82, 2.24) is 4.72 Å². The van der Waals surface area contributed by atoms with Crippen LogP contribution >= 0.6 is 11.6 Å². The lowest BCUT2D eigenvalue weighted by Gasteiger charge is -2.16. The molecule has 144 valence electrons. The first-order valence-corrected chi connectivity index (χ1v) is 10.9. The van der Waals surface area contributed by atoms with Crippen LogP contribution in [0.5, 0.6) is 0 Å². The molecule has 7 heteroatoms. The van der Waals surface area contributed by atoms with Crippen LogP contribution in [0.25, 0.3) is 0 Å². The van der Waals surface area contributed by atoms with Gasteiger partial charge in [-0.2, -0.15) is 0 Å². The van der Waals surface area contributed by atoms with E-state index in [1.165, 1.54) is 5.56 Å². The van der Waals surface area contributed by atoms with Crippen LogP contribution in [0, 0.1) is 6.92 Å². The van der Waals surface area contributed by atoms with E-state index >= 15 is 0 Å². The third-order valence-electron chi connectivity index (χ3n) is 4.82. The minimum absolute atomic E-state index is 0.0326. The molecule has 5 nitrogen and oxygen atoms in total. The van der Waals surface area contributed by atoms with E-state index in [-0.39, 0.29) is 23.8 Å². The van der Waals surface area contributed by atoms with Crippen LogP contribution in [-0.2, 0) is 27.7 Å². The van der Waals surface area contributed by atoms with Crippen molar-refractivity contribution in [3.05, 3.63) is 58.1 Å². The molecule has 0 fully saturated rings. The third kappa shape index (κ3) is 4.89. The Balaban J connectivity index is 1.57. The number of sulfonamides is 1. The maximum Gasteiger partial charge on any atom is 0.240 e. The highest BCUT2D eigenvalue weighted by Gasteiger charge is 2.18. The minimum atomic E-state index is -3.63. The Bertz CT molecular complexity index is 958. The van der Waals surface area contributed by atoms with E-state index in [9.17, 15) is 13.2 Å². The average molecular weight is 407 g/mol. The molecule has 0 saturated carbocycles. The van der Waals surface area contributed by atoms with Gasteiger partial charge in [0, 0.05) is 23.7 Å². The van der Waals surface area contributed by atoms with Crippen molar-refractivity contribution in [2.24, 2.45) is 0 Å². The lowest BCUT2D eigenvalue weighted by atomic mass is 9.92. The predicted molar refractivity (Wildman–Crippen MR) is 108 cm³/mol. The highest BCUT2D eigenvalue weighted by molar-refractivity contribution is 7.89. The van der Waals surface area contributed by atoms with E-state index in [1.807, 2.05) is 13.0 Å². The molecular weight excluding hydrogens is 384 g/mol. The van der Waals surface area contributed by atoms with E-state index in [0.717, 1.165) is 36.8 Å². The molecule has 0 radical (unpaired) electrons. The molecule has 1 amide bonds. The molecule has 2 aromatic rings. The normalized spacial score (nSPS) is 13.9. The van der Waals surface area contributed by atoms with Crippen LogP contribution in [0.4, 0.5) is 5.69 Å². The van der Waals surface area contributed by atoms with Crippen LogP contribution in [-0.4, -0.2) is 20.9 Å². The van der Waals surface area contributed by atoms with Gasteiger partial charge in [-0.3, -0.25) is 4.79 Å². The van der Waals surface area contributed by atoms with Gasteiger partial charge in [0.2, 0.25) is 15.9 Å². The van der Waals surface area contributed by atoms with Gasteiger partial charge in [0.1, 0.15) is 0 Å². The van der Waals surface area contributed by atoms with Gasteiger partial charge in [0.15, 0.2) is 0 Å². The Hall–Kier alpha value is -1.89. The molecule has 0 atom stereocenters. The molecular formula is C20H23ClN2O3S. The molecule has 0 aromatic heterocycles. The van der Waals surface area contributed by atoms with E-state index in [1.54, 1.807) is 30.3 Å². The molecule has 0 bridgehead atoms. The number of hydrogen-bond acceptors (Lipinski definition) is 3. The quantitative estimate of drug-likeness (QED) is 0.765. The molecule has 27 heavy (non-hydrogen) atoms. The number of hydrogen-bond donors (Lipinski definition) is 2. The van der Waals surface area contributed by atoms with Crippen molar-refractivity contribution < 1.29 is 13.2 Å². The second kappa shape index (κ2) is 8.42. The Labute approximate surface area is 165 Å². The van der Waals surface area contributed by atoms with Gasteiger partial charge in [-0.05, 0) is 73.6 Å². The summed E-state index contributed by atoms with van der Waals surface area (Å²) in [6.45, 7) is 1.85. The van der Waals surface area contributed by atoms with E-state index < -0.39 is 10.0 Å². The summed E-state index contributed by atoms with van der Waals surface area (Å²) in [5, 5.41) is 3.33. The molecule has 0 spiro atoms. The second-order valence-corrected chi connectivity index (χ2v) is 8.92. The first kappa shape index (κ1) is 19.9. The highest BCUT2D eigenvalue weighted by Crippen LogP contribution is 2.24. The number of nitrogens with one attached hydrogen (secondary N) is 2. The van der Waals surface area contributed by atoms with Crippen LogP contribution < -0.4 is 10.0 Å². The number of carbonyl (C=O) groups is 1. The zero-order valence-electron chi connectivity index (χ0n) is 15.2. The molecule has 1 aliphatic rings. The Kier molecular flexibility index (Phi) is 6.19. The van der Waals surface area contributed by atoms with E-state index in [0.29, 0.717) is 10.7 Å². The van der Waals surface area contributed by atoms with Crippen molar-refractivity contribution >= 4 is 33.2 Å². The number of rotatable bonds is 6. The summed E-state index contributed by atoms with van der Waals surface area (Å²) in [7, 11) is -3.63. The van der Waals surface area contributed by atoms with Crippen molar-refractivity contribution in [1.29, 1.82) is 0 Å². The standard InChI is InChI=1S/C20H23ClN2O3S/c1-14-18(21)7-4-8-19(14)23-20(24)11-12-22-27(25,26)17-10-9-15-5-2-3-6-16(15)13-17/h4,7-10,13,22H,2-3,5-6,11-12H2,1H3,(H,23,24). The maximum atomic E-state index is 12.5. The number of aryl methyl sites for hydroxylation is 2. The summed E-state index contributed by atoms with van der Waals surface area (Å²) >= 11 is 6.04. The van der Waals surface area contributed by atoms with Crippen LogP contribution in [0.3, 0.4) is 0 Å². The van der Waals surface area contributed by atoms with Gasteiger partial charge in [-0.25, -0.2) is 13.1 Å². The predicted octanol–water partition coefficient (Wildman–Crippen LogP) is 3.83. The van der Waals surface area contributed by atoms with Gasteiger partial charge in [-0.1, -0.05) is 23.7 Å². The Morgan fingerprint density at radius 1 is 1.11 bits per heavy atom. The largest absolute Gasteiger partial charge is 0.326 e. The average Bonchev–Trinajstić information content (AvgIpc) is 2.65. The summed E-state index contributed by atoms with van der Waals surface area (Å²) in [5.74, 6) is -0.270. The second-order valence-electron chi connectivity index (χ2n) is 6.75. The smallest absolute Gasteiger partial charge is 0.240 e.